The molecule has 0 aromatic heterocycles. The molecule has 1 saturated heterocycles. The van der Waals surface area contributed by atoms with Gasteiger partial charge < -0.3 is 19.3 Å². The molecular weight excluding hydrogens is 524 g/mol. The molecule has 2 aliphatic heterocycles. The zero-order valence-electron chi connectivity index (χ0n) is 13.9. The lowest BCUT2D eigenvalue weighted by molar-refractivity contribution is -0.178. The lowest BCUT2D eigenvalue weighted by atomic mass is 10.0. The number of hydrogen-bond donors (Lipinski definition) is 1. The molecule has 0 radical (unpaired) electrons. The van der Waals surface area contributed by atoms with E-state index in [0.29, 0.717) is 12.8 Å². The highest BCUT2D eigenvalue weighted by molar-refractivity contribution is 9.11. The third kappa shape index (κ3) is 5.76. The molecule has 0 aromatic rings. The summed E-state index contributed by atoms with van der Waals surface area (Å²) in [5.41, 5.74) is 2.96. The molecule has 0 aromatic carbocycles. The van der Waals surface area contributed by atoms with Gasteiger partial charge in [-0.05, 0) is 19.1 Å². The minimum Gasteiger partial charge on any atom is -0.461 e. The molecule has 2 aliphatic rings. The van der Waals surface area contributed by atoms with Gasteiger partial charge in [-0.1, -0.05) is 53.9 Å². The van der Waals surface area contributed by atoms with Crippen molar-refractivity contribution in [2.24, 2.45) is 0 Å². The summed E-state index contributed by atoms with van der Waals surface area (Å²) in [6.45, 7) is 3.28. The van der Waals surface area contributed by atoms with Crippen LogP contribution in [0.1, 0.15) is 26.7 Å². The molecule has 25 heavy (non-hydrogen) atoms. The Kier molecular flexibility index (Phi) is 7.95. The third-order valence-corrected chi connectivity index (χ3v) is 6.73. The Morgan fingerprint density at radius 2 is 2.16 bits per heavy atom. The van der Waals surface area contributed by atoms with Crippen molar-refractivity contribution in [1.29, 1.82) is 0 Å². The van der Waals surface area contributed by atoms with Crippen LogP contribution in [0.4, 0.5) is 0 Å². The van der Waals surface area contributed by atoms with Gasteiger partial charge in [0, 0.05) is 24.8 Å². The third-order valence-electron chi connectivity index (χ3n) is 4.10. The van der Waals surface area contributed by atoms with Crippen LogP contribution in [-0.2, 0) is 19.0 Å². The van der Waals surface area contributed by atoms with Crippen LogP contribution in [0.2, 0.25) is 0 Å². The molecule has 2 rings (SSSR count). The standard InChI is InChI=1S/C17H21Br3O5/c1-10-16(20)14(24-11(2)21)9-15(19)17(22)6-5-13(25-17)8-12(23-10)4-3-7-18/h4-7,10,12-16,22H,8-9H2,1-2H3/t3?,10-,12+,13+,14+,15-,16+,17-/m0/s1. The Labute approximate surface area is 172 Å². The Balaban J connectivity index is 2.31. The maximum Gasteiger partial charge on any atom is 0.302 e. The van der Waals surface area contributed by atoms with E-state index in [4.69, 9.17) is 14.2 Å². The summed E-state index contributed by atoms with van der Waals surface area (Å²) in [4.78, 5) is 12.4. The molecule has 0 unspecified atom stereocenters. The smallest absolute Gasteiger partial charge is 0.302 e. The number of alkyl halides is 2. The van der Waals surface area contributed by atoms with Crippen LogP contribution < -0.4 is 0 Å². The van der Waals surface area contributed by atoms with Crippen LogP contribution in [0, 0.1) is 0 Å². The van der Waals surface area contributed by atoms with Gasteiger partial charge in [-0.3, -0.25) is 4.79 Å². The summed E-state index contributed by atoms with van der Waals surface area (Å²) >= 11 is 10.3. The zero-order valence-corrected chi connectivity index (χ0v) is 18.7. The number of halogens is 3. The lowest BCUT2D eigenvalue weighted by Gasteiger charge is -2.32. The minimum absolute atomic E-state index is 0.238. The second-order valence-electron chi connectivity index (χ2n) is 6.12. The van der Waals surface area contributed by atoms with Crippen LogP contribution in [-0.4, -0.2) is 50.9 Å². The van der Waals surface area contributed by atoms with Crippen molar-refractivity contribution in [3.8, 4) is 0 Å². The van der Waals surface area contributed by atoms with E-state index >= 15 is 0 Å². The molecule has 7 atom stereocenters. The molecular formula is C17H21Br3O5. The van der Waals surface area contributed by atoms with E-state index in [1.165, 1.54) is 6.92 Å². The average Bonchev–Trinajstić information content (AvgIpc) is 2.92. The van der Waals surface area contributed by atoms with Gasteiger partial charge in [-0.25, -0.2) is 0 Å². The first-order valence-electron chi connectivity index (χ1n) is 7.97. The largest absolute Gasteiger partial charge is 0.461 e. The molecule has 0 spiro atoms. The SMILES string of the molecule is CC(=O)O[C@@H]1C[C@H](Br)[C@]2(O)C=C[C@H](C[C@@H](C=C=CBr)O[C@@H](C)[C@H]1Br)O2. The maximum atomic E-state index is 11.5. The van der Waals surface area contributed by atoms with Crippen molar-refractivity contribution in [1.82, 2.24) is 0 Å². The second-order valence-corrected chi connectivity index (χ2v) is 8.74. The highest BCUT2D eigenvalue weighted by Gasteiger charge is 2.44. The van der Waals surface area contributed by atoms with Crippen molar-refractivity contribution in [2.75, 3.05) is 0 Å². The molecule has 0 saturated carbocycles. The van der Waals surface area contributed by atoms with Gasteiger partial charge in [0.2, 0.25) is 0 Å². The Morgan fingerprint density at radius 3 is 2.80 bits per heavy atom. The summed E-state index contributed by atoms with van der Waals surface area (Å²) in [5, 5.41) is 10.8. The average molecular weight is 545 g/mol. The summed E-state index contributed by atoms with van der Waals surface area (Å²) < 4.78 is 17.4. The number of fused-ring (bicyclic) bond motifs is 2. The number of rotatable bonds is 2. The first-order valence-corrected chi connectivity index (χ1v) is 10.7. The molecule has 5 nitrogen and oxygen atoms in total. The van der Waals surface area contributed by atoms with Crippen molar-refractivity contribution in [3.05, 3.63) is 28.9 Å². The number of esters is 1. The fraction of sp³-hybridized carbons (Fsp3) is 0.647. The van der Waals surface area contributed by atoms with Gasteiger partial charge in [0.05, 0.1) is 28.0 Å². The highest BCUT2D eigenvalue weighted by Crippen LogP contribution is 2.36. The monoisotopic (exact) mass is 542 g/mol. The summed E-state index contributed by atoms with van der Waals surface area (Å²) in [7, 11) is 0. The van der Waals surface area contributed by atoms with Crippen LogP contribution >= 0.6 is 47.8 Å². The molecule has 1 fully saturated rings. The Hall–Kier alpha value is 0.0500. The van der Waals surface area contributed by atoms with Gasteiger partial charge >= 0.3 is 5.97 Å². The van der Waals surface area contributed by atoms with Gasteiger partial charge in [-0.15, -0.1) is 5.73 Å². The number of ether oxygens (including phenoxy) is 3. The van der Waals surface area contributed by atoms with E-state index in [0.717, 1.165) is 0 Å². The lowest BCUT2D eigenvalue weighted by Crippen LogP contribution is -2.44. The van der Waals surface area contributed by atoms with E-state index in [1.807, 2.05) is 13.0 Å². The number of aliphatic hydroxyl groups is 1. The summed E-state index contributed by atoms with van der Waals surface area (Å²) in [5.74, 6) is -1.84. The molecule has 1 N–H and O–H groups in total. The van der Waals surface area contributed by atoms with E-state index in [9.17, 15) is 9.90 Å². The van der Waals surface area contributed by atoms with Crippen molar-refractivity contribution >= 4 is 53.8 Å². The molecule has 0 aliphatic carbocycles. The van der Waals surface area contributed by atoms with E-state index in [-0.39, 0.29) is 29.1 Å². The maximum absolute atomic E-state index is 11.5. The summed E-state index contributed by atoms with van der Waals surface area (Å²) in [6, 6.07) is 0. The van der Waals surface area contributed by atoms with Gasteiger partial charge in [-0.2, -0.15) is 0 Å². The predicted octanol–water partition coefficient (Wildman–Crippen LogP) is 3.72. The molecule has 0 amide bonds. The van der Waals surface area contributed by atoms with Gasteiger partial charge in [0.25, 0.3) is 0 Å². The Morgan fingerprint density at radius 1 is 1.44 bits per heavy atom. The van der Waals surface area contributed by atoms with E-state index < -0.39 is 16.7 Å². The van der Waals surface area contributed by atoms with Crippen LogP contribution in [0.25, 0.3) is 0 Å². The molecule has 8 heteroatoms. The van der Waals surface area contributed by atoms with Crippen LogP contribution in [0.15, 0.2) is 28.9 Å². The molecule has 2 bridgehead atoms. The van der Waals surface area contributed by atoms with Gasteiger partial charge in [0.15, 0.2) is 5.79 Å². The topological polar surface area (TPSA) is 65.0 Å². The van der Waals surface area contributed by atoms with E-state index in [2.05, 4.69) is 53.5 Å². The number of hydrogen-bond acceptors (Lipinski definition) is 5. The molecule has 140 valence electrons. The Bertz CT molecular complexity index is 575. The zero-order chi connectivity index (χ0) is 18.6. The predicted molar refractivity (Wildman–Crippen MR) is 105 cm³/mol. The fourth-order valence-corrected chi connectivity index (χ4v) is 4.12. The number of carbonyl (C=O) groups is 1. The van der Waals surface area contributed by atoms with Gasteiger partial charge in [0.1, 0.15) is 6.10 Å². The molecule has 2 heterocycles. The van der Waals surface area contributed by atoms with E-state index in [1.54, 1.807) is 17.1 Å². The summed E-state index contributed by atoms with van der Waals surface area (Å²) in [6.07, 6.45) is 4.87. The minimum atomic E-state index is -1.46. The van der Waals surface area contributed by atoms with Crippen molar-refractivity contribution in [2.45, 2.75) is 66.5 Å². The van der Waals surface area contributed by atoms with Crippen LogP contribution in [0.3, 0.4) is 0 Å². The van der Waals surface area contributed by atoms with Crippen LogP contribution in [0.5, 0.6) is 0 Å². The highest BCUT2D eigenvalue weighted by atomic mass is 79.9. The quantitative estimate of drug-likeness (QED) is 0.248. The first-order chi connectivity index (χ1) is 11.7. The fourth-order valence-electron chi connectivity index (χ4n) is 2.89. The van der Waals surface area contributed by atoms with Crippen molar-refractivity contribution in [3.63, 3.8) is 0 Å². The normalized spacial score (nSPS) is 41.4. The second kappa shape index (κ2) is 9.31. The number of carbonyl (C=O) groups excluding carboxylic acids is 1. The van der Waals surface area contributed by atoms with Crippen molar-refractivity contribution < 1.29 is 24.1 Å². The first kappa shape index (κ1) is 21.4.